The first-order chi connectivity index (χ1) is 12.9. The third-order valence-electron chi connectivity index (χ3n) is 8.33. The summed E-state index contributed by atoms with van der Waals surface area (Å²) in [6.45, 7) is 14.0. The van der Waals surface area contributed by atoms with E-state index in [0.29, 0.717) is 5.41 Å². The van der Waals surface area contributed by atoms with Gasteiger partial charge in [-0.15, -0.1) is 0 Å². The van der Waals surface area contributed by atoms with Gasteiger partial charge in [-0.1, -0.05) is 62.8 Å². The predicted molar refractivity (Wildman–Crippen MR) is 119 cm³/mol. The molecule has 0 nitrogen and oxygen atoms in total. The Kier molecular flexibility index (Phi) is 3.46. The van der Waals surface area contributed by atoms with Gasteiger partial charge < -0.3 is 0 Å². The monoisotopic (exact) mass is 354 g/mol. The molecule has 0 amide bonds. The van der Waals surface area contributed by atoms with Crippen LogP contribution < -0.4 is 0 Å². The van der Waals surface area contributed by atoms with Gasteiger partial charge in [0.1, 0.15) is 0 Å². The molecule has 0 spiro atoms. The standard InChI is InChI=1S/C27H30/c1-7-15(2)24-12-16(3)22-10-8-19-13-21(27(6)17(4)18(27)5)14-20-9-11-23(24)26(22)25(19)20/h7-9,11-12,14,17-18H,10,13H2,1-6H3. The topological polar surface area (TPSA) is 0 Å². The largest absolute Gasteiger partial charge is 0.0841 e. The van der Waals surface area contributed by atoms with Gasteiger partial charge in [-0.3, -0.25) is 0 Å². The summed E-state index contributed by atoms with van der Waals surface area (Å²) >= 11 is 0. The minimum atomic E-state index is 0.396. The highest BCUT2D eigenvalue weighted by Crippen LogP contribution is 2.65. The van der Waals surface area contributed by atoms with Gasteiger partial charge in [0.2, 0.25) is 0 Å². The lowest BCUT2D eigenvalue weighted by Gasteiger charge is -2.30. The molecule has 3 aliphatic carbocycles. The van der Waals surface area contributed by atoms with Gasteiger partial charge in [0, 0.05) is 0 Å². The van der Waals surface area contributed by atoms with E-state index in [0.717, 1.165) is 24.7 Å². The van der Waals surface area contributed by atoms with Crippen LogP contribution in [0.4, 0.5) is 0 Å². The maximum atomic E-state index is 2.53. The summed E-state index contributed by atoms with van der Waals surface area (Å²) in [5.74, 6) is 1.60. The van der Waals surface area contributed by atoms with E-state index < -0.39 is 0 Å². The molecule has 138 valence electrons. The Morgan fingerprint density at radius 3 is 2.59 bits per heavy atom. The highest BCUT2D eigenvalue weighted by atomic mass is 14.6. The second-order valence-electron chi connectivity index (χ2n) is 9.28. The second-order valence-corrected chi connectivity index (χ2v) is 9.28. The molecule has 27 heavy (non-hydrogen) atoms. The highest BCUT2D eigenvalue weighted by Gasteiger charge is 2.57. The maximum Gasteiger partial charge on any atom is -0.00528 e. The van der Waals surface area contributed by atoms with E-state index in [9.17, 15) is 0 Å². The van der Waals surface area contributed by atoms with Gasteiger partial charge in [-0.25, -0.2) is 0 Å². The quantitative estimate of drug-likeness (QED) is 0.521. The van der Waals surface area contributed by atoms with Crippen LogP contribution in [0.3, 0.4) is 0 Å². The molecule has 0 heterocycles. The fourth-order valence-corrected chi connectivity index (χ4v) is 5.79. The van der Waals surface area contributed by atoms with E-state index in [1.165, 1.54) is 44.2 Å². The lowest BCUT2D eigenvalue weighted by molar-refractivity contribution is 0.586. The van der Waals surface area contributed by atoms with Gasteiger partial charge >= 0.3 is 0 Å². The number of benzene rings is 2. The molecule has 0 radical (unpaired) electrons. The third kappa shape index (κ3) is 2.10. The Balaban J connectivity index is 1.80. The van der Waals surface area contributed by atoms with Crippen LogP contribution in [0.5, 0.6) is 0 Å². The molecule has 0 heteroatoms. The van der Waals surface area contributed by atoms with Crippen molar-refractivity contribution in [1.82, 2.24) is 0 Å². The van der Waals surface area contributed by atoms with Crippen molar-refractivity contribution < 1.29 is 0 Å². The number of aryl methyl sites for hydroxylation is 1. The molecule has 2 aromatic carbocycles. The van der Waals surface area contributed by atoms with E-state index in [-0.39, 0.29) is 0 Å². The number of rotatable bonds is 2. The fraction of sp³-hybridized carbons (Fsp3) is 0.407. The van der Waals surface area contributed by atoms with Crippen LogP contribution in [0.25, 0.3) is 28.0 Å². The molecular weight excluding hydrogens is 324 g/mol. The molecule has 2 unspecified atom stereocenters. The van der Waals surface area contributed by atoms with Gasteiger partial charge in [0.25, 0.3) is 0 Å². The SMILES string of the molecule is CC=C(C)c1cc(C)c2c3c4c(ccc13)C=C(C1(C)C(C)C1C)CC4=CC2. The van der Waals surface area contributed by atoms with Gasteiger partial charge in [-0.2, -0.15) is 0 Å². The molecule has 0 N–H and O–H groups in total. The Bertz CT molecular complexity index is 1080. The summed E-state index contributed by atoms with van der Waals surface area (Å²) in [4.78, 5) is 0. The average Bonchev–Trinajstić information content (AvgIpc) is 3.18. The number of hydrogen-bond donors (Lipinski definition) is 0. The van der Waals surface area contributed by atoms with Crippen molar-refractivity contribution in [1.29, 1.82) is 0 Å². The molecule has 1 saturated carbocycles. The van der Waals surface area contributed by atoms with Crippen LogP contribution >= 0.6 is 0 Å². The Morgan fingerprint density at radius 1 is 1.19 bits per heavy atom. The van der Waals surface area contributed by atoms with E-state index in [1.54, 1.807) is 11.1 Å². The first-order valence-corrected chi connectivity index (χ1v) is 10.5. The van der Waals surface area contributed by atoms with Crippen LogP contribution in [0.2, 0.25) is 0 Å². The van der Waals surface area contributed by atoms with Crippen LogP contribution in [-0.2, 0) is 6.42 Å². The van der Waals surface area contributed by atoms with Crippen molar-refractivity contribution in [3.63, 3.8) is 0 Å². The minimum absolute atomic E-state index is 0.396. The summed E-state index contributed by atoms with van der Waals surface area (Å²) in [5.41, 5.74) is 12.3. The van der Waals surface area contributed by atoms with Crippen LogP contribution in [-0.4, -0.2) is 0 Å². The second kappa shape index (κ2) is 5.47. The van der Waals surface area contributed by atoms with Gasteiger partial charge in [-0.05, 0) is 101 Å². The smallest absolute Gasteiger partial charge is 0.00528 e. The average molecular weight is 355 g/mol. The number of hydrogen-bond acceptors (Lipinski definition) is 0. The highest BCUT2D eigenvalue weighted by molar-refractivity contribution is 6.07. The van der Waals surface area contributed by atoms with Crippen molar-refractivity contribution in [3.8, 4) is 0 Å². The number of allylic oxidation sites excluding steroid dienone is 5. The van der Waals surface area contributed by atoms with Crippen molar-refractivity contribution in [2.75, 3.05) is 0 Å². The van der Waals surface area contributed by atoms with Crippen molar-refractivity contribution >= 4 is 28.0 Å². The van der Waals surface area contributed by atoms with Gasteiger partial charge in [0.05, 0.1) is 0 Å². The van der Waals surface area contributed by atoms with Crippen molar-refractivity contribution in [2.24, 2.45) is 17.3 Å². The molecule has 3 aliphatic rings. The molecule has 2 atom stereocenters. The molecule has 0 bridgehead atoms. The zero-order valence-corrected chi connectivity index (χ0v) is 17.5. The van der Waals surface area contributed by atoms with Crippen LogP contribution in [0, 0.1) is 24.2 Å². The summed E-state index contributed by atoms with van der Waals surface area (Å²) < 4.78 is 0. The fourth-order valence-electron chi connectivity index (χ4n) is 5.79. The first kappa shape index (κ1) is 17.0. The first-order valence-electron chi connectivity index (χ1n) is 10.5. The minimum Gasteiger partial charge on any atom is -0.0841 e. The zero-order chi connectivity index (χ0) is 19.1. The molecular formula is C27H30. The summed E-state index contributed by atoms with van der Waals surface area (Å²) in [7, 11) is 0. The van der Waals surface area contributed by atoms with E-state index in [4.69, 9.17) is 0 Å². The van der Waals surface area contributed by atoms with E-state index in [1.807, 2.05) is 0 Å². The molecule has 0 aromatic heterocycles. The van der Waals surface area contributed by atoms with Gasteiger partial charge in [0.15, 0.2) is 0 Å². The lowest BCUT2D eigenvalue weighted by atomic mass is 9.74. The predicted octanol–water partition coefficient (Wildman–Crippen LogP) is 7.59. The Morgan fingerprint density at radius 2 is 1.93 bits per heavy atom. The molecule has 2 aromatic rings. The summed E-state index contributed by atoms with van der Waals surface area (Å²) in [5, 5.41) is 2.96. The normalized spacial score (nSPS) is 28.9. The molecule has 5 rings (SSSR count). The van der Waals surface area contributed by atoms with E-state index in [2.05, 4.69) is 78.0 Å². The van der Waals surface area contributed by atoms with Crippen LogP contribution in [0.15, 0.2) is 35.9 Å². The summed E-state index contributed by atoms with van der Waals surface area (Å²) in [6, 6.07) is 7.16. The summed E-state index contributed by atoms with van der Waals surface area (Å²) in [6.07, 6.45) is 9.52. The van der Waals surface area contributed by atoms with Crippen LogP contribution in [0.1, 0.15) is 68.9 Å². The molecule has 1 fully saturated rings. The zero-order valence-electron chi connectivity index (χ0n) is 17.5. The Hall–Kier alpha value is -2.08. The van der Waals surface area contributed by atoms with E-state index >= 15 is 0 Å². The van der Waals surface area contributed by atoms with Crippen molar-refractivity contribution in [3.05, 3.63) is 63.7 Å². The lowest BCUT2D eigenvalue weighted by Crippen LogP contribution is -2.12. The molecule has 0 saturated heterocycles. The maximum absolute atomic E-state index is 2.53. The Labute approximate surface area is 163 Å². The third-order valence-corrected chi connectivity index (χ3v) is 8.33. The molecule has 0 aliphatic heterocycles. The van der Waals surface area contributed by atoms with Crippen molar-refractivity contribution in [2.45, 2.75) is 54.4 Å².